The Morgan fingerprint density at radius 2 is 0.596 bits per heavy atom. The van der Waals surface area contributed by atoms with Gasteiger partial charge in [-0.25, -0.2) is 24.8 Å². The second kappa shape index (κ2) is 23.2. The molecule has 16 rings (SSSR count). The van der Waals surface area contributed by atoms with Gasteiger partial charge in [0.25, 0.3) is 0 Å². The minimum Gasteiger partial charge on any atom is -0.308 e. The van der Waals surface area contributed by atoms with Crippen molar-refractivity contribution in [3.63, 3.8) is 0 Å². The first kappa shape index (κ1) is 56.4. The molecule has 94 heavy (non-hydrogen) atoms. The van der Waals surface area contributed by atoms with Crippen molar-refractivity contribution in [1.29, 1.82) is 5.26 Å². The molecule has 0 aliphatic carbocycles. The van der Waals surface area contributed by atoms with Gasteiger partial charge in [-0.3, -0.25) is 0 Å². The number of rotatable bonds is 11. The van der Waals surface area contributed by atoms with Crippen molar-refractivity contribution in [3.05, 3.63) is 320 Å². The Bertz CT molecular complexity index is 5160. The van der Waals surface area contributed by atoms with Crippen LogP contribution in [0.3, 0.4) is 0 Å². The summed E-state index contributed by atoms with van der Waals surface area (Å²) in [5.41, 5.74) is 16.8. The number of hydrogen-bond donors (Lipinski definition) is 0. The maximum atomic E-state index is 15.1. The van der Waals surface area contributed by atoms with Crippen molar-refractivity contribution < 1.29 is 13.2 Å². The molecule has 10 aromatic carbocycles. The van der Waals surface area contributed by atoms with Crippen molar-refractivity contribution in [2.75, 3.05) is 0 Å². The van der Waals surface area contributed by atoms with E-state index < -0.39 is 11.7 Å². The fraction of sp³-hybridized carbons (Fsp3) is 0.0120. The Kier molecular flexibility index (Phi) is 13.9. The molecule has 0 N–H and O–H groups in total. The lowest BCUT2D eigenvalue weighted by Gasteiger charge is -2.19. The van der Waals surface area contributed by atoms with Crippen LogP contribution in [-0.2, 0) is 6.18 Å². The van der Waals surface area contributed by atoms with Gasteiger partial charge < -0.3 is 9.13 Å². The Balaban J connectivity index is 0.971. The van der Waals surface area contributed by atoms with Crippen molar-refractivity contribution in [1.82, 2.24) is 29.1 Å². The molecule has 16 aromatic rings. The van der Waals surface area contributed by atoms with Crippen molar-refractivity contribution >= 4 is 49.3 Å². The molecular weight excluding hydrogens is 1170 g/mol. The summed E-state index contributed by atoms with van der Waals surface area (Å²) in [4.78, 5) is 24.3. The molecule has 8 nitrogen and oxygen atoms in total. The highest BCUT2D eigenvalue weighted by atomic mass is 19.4. The average molecular weight is 1220 g/mol. The van der Waals surface area contributed by atoms with Crippen LogP contribution < -0.4 is 0 Å². The molecule has 6 aromatic heterocycles. The molecule has 6 heterocycles. The molecule has 0 atom stereocenters. The van der Waals surface area contributed by atoms with Crippen molar-refractivity contribution in [2.45, 2.75) is 6.18 Å². The van der Waals surface area contributed by atoms with Gasteiger partial charge in [0.2, 0.25) is 0 Å². The largest absolute Gasteiger partial charge is 0.415 e. The van der Waals surface area contributed by atoms with Gasteiger partial charge in [0.05, 0.1) is 85.6 Å². The number of halogens is 3. The number of pyridine rings is 4. The van der Waals surface area contributed by atoms with E-state index in [1.54, 1.807) is 12.1 Å². The molecule has 0 saturated carbocycles. The molecule has 0 aliphatic heterocycles. The first-order valence-corrected chi connectivity index (χ1v) is 30.6. The summed E-state index contributed by atoms with van der Waals surface area (Å²) < 4.78 is 49.4. The molecule has 0 amide bonds. The van der Waals surface area contributed by atoms with Crippen LogP contribution in [0, 0.1) is 17.9 Å². The van der Waals surface area contributed by atoms with E-state index in [1.165, 1.54) is 6.07 Å². The van der Waals surface area contributed by atoms with Gasteiger partial charge in [-0.15, -0.1) is 0 Å². The highest BCUT2D eigenvalue weighted by molar-refractivity contribution is 6.14. The Morgan fingerprint density at radius 1 is 0.309 bits per heavy atom. The summed E-state index contributed by atoms with van der Waals surface area (Å²) in [6.07, 6.45) is -4.78. The molecule has 0 unspecified atom stereocenters. The SMILES string of the molecule is [C-]#[N+]c1cc(-c2cc(-n3c4ccc(-c5cccc(-c6ccccc6)n5)cc4c4cc(-c5cccc(-c6ccccc6)n5)ccc43)c(C#N)c(-n3c4ccc(-c5cccc(-c6ccccc6)n5)cc4c4cc(-c5cccc(-c6ccccc6)n5)ccc43)c2)cc(C(F)(F)F)c1. The van der Waals surface area contributed by atoms with Crippen LogP contribution >= 0.6 is 0 Å². The summed E-state index contributed by atoms with van der Waals surface area (Å²) in [5.74, 6) is 0. The third-order valence-electron chi connectivity index (χ3n) is 17.4. The van der Waals surface area contributed by atoms with Crippen LogP contribution in [0.1, 0.15) is 11.1 Å². The smallest absolute Gasteiger partial charge is 0.308 e. The van der Waals surface area contributed by atoms with Gasteiger partial charge in [0.1, 0.15) is 11.6 Å². The zero-order valence-electron chi connectivity index (χ0n) is 50.0. The van der Waals surface area contributed by atoms with E-state index >= 15 is 13.2 Å². The summed E-state index contributed by atoms with van der Waals surface area (Å²) in [5, 5.41) is 15.5. The van der Waals surface area contributed by atoms with Crippen LogP contribution in [-0.4, -0.2) is 29.1 Å². The number of alkyl halides is 3. The molecule has 0 spiro atoms. The quantitative estimate of drug-likeness (QED) is 0.120. The monoisotopic (exact) mass is 1210 g/mol. The maximum Gasteiger partial charge on any atom is 0.415 e. The van der Waals surface area contributed by atoms with E-state index in [0.717, 1.165) is 146 Å². The molecule has 442 valence electrons. The number of benzene rings is 10. The van der Waals surface area contributed by atoms with Gasteiger partial charge in [-0.2, -0.15) is 18.4 Å². The van der Waals surface area contributed by atoms with Gasteiger partial charge in [0, 0.05) is 71.6 Å². The van der Waals surface area contributed by atoms with Crippen LogP contribution in [0.2, 0.25) is 0 Å². The van der Waals surface area contributed by atoms with Crippen molar-refractivity contribution in [2.24, 2.45) is 0 Å². The van der Waals surface area contributed by atoms with Gasteiger partial charge in [-0.05, 0) is 139 Å². The highest BCUT2D eigenvalue weighted by Gasteiger charge is 2.32. The molecule has 0 fully saturated rings. The van der Waals surface area contributed by atoms with E-state index in [9.17, 15) is 5.26 Å². The minimum atomic E-state index is -4.78. The second-order valence-corrected chi connectivity index (χ2v) is 23.1. The molecule has 0 saturated heterocycles. The Labute approximate surface area is 538 Å². The Morgan fingerprint density at radius 3 is 0.872 bits per heavy atom. The topological polar surface area (TPSA) is 89.6 Å². The fourth-order valence-electron chi connectivity index (χ4n) is 12.9. The summed E-state index contributed by atoms with van der Waals surface area (Å²) in [6.45, 7) is 8.07. The van der Waals surface area contributed by atoms with Gasteiger partial charge in [0.15, 0.2) is 5.69 Å². The van der Waals surface area contributed by atoms with E-state index in [4.69, 9.17) is 26.5 Å². The van der Waals surface area contributed by atoms with Crippen molar-refractivity contribution in [3.8, 4) is 119 Å². The van der Waals surface area contributed by atoms with E-state index in [1.807, 2.05) is 252 Å². The number of aromatic nitrogens is 6. The minimum absolute atomic E-state index is 0.144. The number of fused-ring (bicyclic) bond motifs is 6. The molecule has 11 heteroatoms. The Hall–Kier alpha value is -12.8. The van der Waals surface area contributed by atoms with E-state index in [2.05, 4.69) is 35.2 Å². The third kappa shape index (κ3) is 10.3. The van der Waals surface area contributed by atoms with Crippen LogP contribution in [0.25, 0.3) is 161 Å². The predicted octanol–water partition coefficient (Wildman–Crippen LogP) is 21.9. The number of hydrogen-bond acceptors (Lipinski definition) is 5. The normalized spacial score (nSPS) is 11.5. The van der Waals surface area contributed by atoms with E-state index in [0.29, 0.717) is 16.9 Å². The van der Waals surface area contributed by atoms with Crippen LogP contribution in [0.4, 0.5) is 18.9 Å². The first-order chi connectivity index (χ1) is 46.1. The molecule has 0 bridgehead atoms. The van der Waals surface area contributed by atoms with Gasteiger partial charge in [-0.1, -0.05) is 170 Å². The average Bonchev–Trinajstić information content (AvgIpc) is 1.64. The number of nitriles is 1. The summed E-state index contributed by atoms with van der Waals surface area (Å²) in [7, 11) is 0. The molecule has 0 radical (unpaired) electrons. The third-order valence-corrected chi connectivity index (χ3v) is 17.4. The van der Waals surface area contributed by atoms with Crippen LogP contribution in [0.15, 0.2) is 297 Å². The highest BCUT2D eigenvalue weighted by Crippen LogP contribution is 2.45. The second-order valence-electron chi connectivity index (χ2n) is 23.1. The number of nitrogens with zero attached hydrogens (tertiary/aromatic N) is 8. The standard InChI is InChI=1S/C83H49F3N8/c1-88-63-43-60(42-62(50-63)83(84,85)86)61-48-81(93-77-38-34-56(73-30-14-26-69(89-73)52-18-6-2-7-19-52)44-64(77)65-45-57(35-39-78(65)93)74-31-15-27-70(90-74)53-20-8-3-9-21-53)68(51-87)82(49-61)94-79-40-36-58(75-32-16-28-71(91-75)54-22-10-4-11-23-54)46-66(79)67-47-59(37-41-80(67)94)76-33-17-29-72(92-76)55-24-12-5-13-25-55/h2-50H. The summed E-state index contributed by atoms with van der Waals surface area (Å²) >= 11 is 0. The first-order valence-electron chi connectivity index (χ1n) is 30.6. The summed E-state index contributed by atoms with van der Waals surface area (Å²) in [6, 6.07) is 98.2. The molecular formula is C83H49F3N8. The van der Waals surface area contributed by atoms with Gasteiger partial charge >= 0.3 is 6.18 Å². The van der Waals surface area contributed by atoms with Crippen LogP contribution in [0.5, 0.6) is 0 Å². The lowest BCUT2D eigenvalue weighted by Crippen LogP contribution is -2.06. The predicted molar refractivity (Wildman–Crippen MR) is 371 cm³/mol. The molecule has 0 aliphatic rings. The zero-order chi connectivity index (χ0) is 63.4. The lowest BCUT2D eigenvalue weighted by atomic mass is 9.97. The fourth-order valence-corrected chi connectivity index (χ4v) is 12.9. The maximum absolute atomic E-state index is 15.1. The zero-order valence-corrected chi connectivity index (χ0v) is 50.0. The van der Waals surface area contributed by atoms with E-state index in [-0.39, 0.29) is 16.8 Å². The lowest BCUT2D eigenvalue weighted by molar-refractivity contribution is -0.137.